The quantitative estimate of drug-likeness (QED) is 0.505. The Kier molecular flexibility index (Phi) is 7.42. The molecule has 0 unspecified atom stereocenters. The molecule has 0 spiro atoms. The first-order valence-electron chi connectivity index (χ1n) is 11.2. The van der Waals surface area contributed by atoms with Crippen LogP contribution in [0.3, 0.4) is 0 Å². The summed E-state index contributed by atoms with van der Waals surface area (Å²) in [6.45, 7) is 5.79. The summed E-state index contributed by atoms with van der Waals surface area (Å²) in [6, 6.07) is 19.3. The van der Waals surface area contributed by atoms with Crippen molar-refractivity contribution in [3.63, 3.8) is 0 Å². The highest BCUT2D eigenvalue weighted by Crippen LogP contribution is 2.31. The Morgan fingerprint density at radius 3 is 2.33 bits per heavy atom. The van der Waals surface area contributed by atoms with Gasteiger partial charge in [0, 0.05) is 42.3 Å². The van der Waals surface area contributed by atoms with Crippen LogP contribution >= 0.6 is 11.3 Å². The second-order valence-electron chi connectivity index (χ2n) is 8.01. The summed E-state index contributed by atoms with van der Waals surface area (Å²) in [5, 5.41) is 3.63. The molecule has 0 atom stereocenters. The fourth-order valence-corrected chi connectivity index (χ4v) is 4.96. The van der Waals surface area contributed by atoms with Crippen LogP contribution in [0, 0.1) is 0 Å². The molecule has 1 N–H and O–H groups in total. The number of methoxy groups -OCH3 is 1. The molecule has 2 aromatic carbocycles. The highest BCUT2D eigenvalue weighted by atomic mass is 32.1. The zero-order chi connectivity index (χ0) is 23.2. The van der Waals surface area contributed by atoms with E-state index in [9.17, 15) is 9.59 Å². The molecule has 0 aliphatic carbocycles. The lowest BCUT2D eigenvalue weighted by atomic mass is 10.0. The van der Waals surface area contributed by atoms with Crippen LogP contribution in [-0.4, -0.2) is 56.4 Å². The zero-order valence-electron chi connectivity index (χ0n) is 19.0. The van der Waals surface area contributed by atoms with Crippen molar-refractivity contribution in [2.75, 3.05) is 50.1 Å². The van der Waals surface area contributed by atoms with Crippen molar-refractivity contribution < 1.29 is 14.3 Å². The Balaban J connectivity index is 1.39. The van der Waals surface area contributed by atoms with Gasteiger partial charge in [-0.05, 0) is 48.9 Å². The molecule has 4 rings (SSSR count). The lowest BCUT2D eigenvalue weighted by Crippen LogP contribution is -2.48. The Morgan fingerprint density at radius 1 is 1.00 bits per heavy atom. The van der Waals surface area contributed by atoms with Crippen molar-refractivity contribution in [2.45, 2.75) is 13.3 Å². The highest BCUT2D eigenvalue weighted by molar-refractivity contribution is 7.16. The summed E-state index contributed by atoms with van der Waals surface area (Å²) < 4.78 is 5.18. The average Bonchev–Trinajstić information content (AvgIpc) is 3.27. The number of anilines is 2. The van der Waals surface area contributed by atoms with E-state index in [0.717, 1.165) is 37.5 Å². The molecular formula is C26H29N3O3S. The molecule has 1 aliphatic heterocycles. The van der Waals surface area contributed by atoms with E-state index in [1.54, 1.807) is 31.4 Å². The molecule has 0 saturated carbocycles. The van der Waals surface area contributed by atoms with Gasteiger partial charge in [0.05, 0.1) is 19.2 Å². The number of carbonyl (C=O) groups is 2. The molecule has 7 heteroatoms. The smallest absolute Gasteiger partial charge is 0.239 e. The van der Waals surface area contributed by atoms with E-state index in [2.05, 4.69) is 27.2 Å². The molecule has 0 bridgehead atoms. The second-order valence-corrected chi connectivity index (χ2v) is 9.15. The Morgan fingerprint density at radius 2 is 1.70 bits per heavy atom. The van der Waals surface area contributed by atoms with Gasteiger partial charge in [0.15, 0.2) is 5.78 Å². The van der Waals surface area contributed by atoms with Gasteiger partial charge in [-0.2, -0.15) is 0 Å². The van der Waals surface area contributed by atoms with Gasteiger partial charge in [-0.3, -0.25) is 14.5 Å². The number of nitrogens with one attached hydrogen (secondary N) is 1. The van der Waals surface area contributed by atoms with Crippen LogP contribution < -0.4 is 15.0 Å². The van der Waals surface area contributed by atoms with Crippen LogP contribution in [-0.2, 0) is 11.2 Å². The molecule has 0 radical (unpaired) electrons. The first-order valence-corrected chi connectivity index (χ1v) is 12.0. The van der Waals surface area contributed by atoms with E-state index in [1.807, 2.05) is 31.2 Å². The number of hydrogen-bond donors (Lipinski definition) is 1. The highest BCUT2D eigenvalue weighted by Gasteiger charge is 2.22. The minimum atomic E-state index is -0.0969. The first-order chi connectivity index (χ1) is 16.1. The van der Waals surface area contributed by atoms with Crippen molar-refractivity contribution in [2.24, 2.45) is 0 Å². The van der Waals surface area contributed by atoms with Crippen molar-refractivity contribution in [3.8, 4) is 5.75 Å². The van der Waals surface area contributed by atoms with Gasteiger partial charge < -0.3 is 15.0 Å². The van der Waals surface area contributed by atoms with Crippen molar-refractivity contribution in [1.82, 2.24) is 4.90 Å². The van der Waals surface area contributed by atoms with Crippen molar-refractivity contribution in [1.29, 1.82) is 0 Å². The molecule has 172 valence electrons. The standard InChI is InChI=1S/C26H29N3O3S/c1-3-22-17-23(25(31)19-9-11-21(32-2)12-10-19)26(33-22)27-24(30)18-28-13-15-29(16-14-28)20-7-5-4-6-8-20/h4-12,17H,3,13-16,18H2,1-2H3,(H,27,30). The molecule has 1 aromatic heterocycles. The van der Waals surface area contributed by atoms with Gasteiger partial charge in [-0.15, -0.1) is 11.3 Å². The monoisotopic (exact) mass is 463 g/mol. The first kappa shape index (κ1) is 23.0. The van der Waals surface area contributed by atoms with E-state index in [0.29, 0.717) is 28.4 Å². The van der Waals surface area contributed by atoms with Gasteiger partial charge in [0.1, 0.15) is 10.8 Å². The third-order valence-electron chi connectivity index (χ3n) is 5.84. The number of thiophene rings is 1. The van der Waals surface area contributed by atoms with Gasteiger partial charge in [-0.1, -0.05) is 25.1 Å². The van der Waals surface area contributed by atoms with Crippen LogP contribution in [0.25, 0.3) is 0 Å². The van der Waals surface area contributed by atoms with Crippen LogP contribution in [0.4, 0.5) is 10.7 Å². The maximum Gasteiger partial charge on any atom is 0.239 e. The van der Waals surface area contributed by atoms with E-state index < -0.39 is 0 Å². The van der Waals surface area contributed by atoms with Gasteiger partial charge in [0.25, 0.3) is 0 Å². The summed E-state index contributed by atoms with van der Waals surface area (Å²) in [4.78, 5) is 31.5. The predicted molar refractivity (Wildman–Crippen MR) is 134 cm³/mol. The molecule has 6 nitrogen and oxygen atoms in total. The number of hydrogen-bond acceptors (Lipinski definition) is 6. The Bertz CT molecular complexity index is 1090. The number of ether oxygens (including phenoxy) is 1. The second kappa shape index (κ2) is 10.6. The van der Waals surface area contributed by atoms with E-state index >= 15 is 0 Å². The Hall–Kier alpha value is -3.16. The summed E-state index contributed by atoms with van der Waals surface area (Å²) >= 11 is 1.47. The van der Waals surface area contributed by atoms with Crippen LogP contribution in [0.1, 0.15) is 27.7 Å². The van der Waals surface area contributed by atoms with Crippen LogP contribution in [0.15, 0.2) is 60.7 Å². The molecule has 1 amide bonds. The fourth-order valence-electron chi connectivity index (χ4n) is 3.95. The number of ketones is 1. The molecule has 33 heavy (non-hydrogen) atoms. The van der Waals surface area contributed by atoms with Gasteiger partial charge >= 0.3 is 0 Å². The van der Waals surface area contributed by atoms with Gasteiger partial charge in [0.2, 0.25) is 5.91 Å². The number of aryl methyl sites for hydroxylation is 1. The predicted octanol–water partition coefficient (Wildman–Crippen LogP) is 4.31. The number of carbonyl (C=O) groups excluding carboxylic acids is 2. The minimum Gasteiger partial charge on any atom is -0.497 e. The number of piperazine rings is 1. The van der Waals surface area contributed by atoms with Crippen LogP contribution in [0.2, 0.25) is 0 Å². The third-order valence-corrected chi connectivity index (χ3v) is 7.04. The number of rotatable bonds is 8. The number of para-hydroxylation sites is 1. The molecular weight excluding hydrogens is 434 g/mol. The van der Waals surface area contributed by atoms with E-state index in [-0.39, 0.29) is 11.7 Å². The average molecular weight is 464 g/mol. The summed E-state index contributed by atoms with van der Waals surface area (Å²) in [6.07, 6.45) is 0.810. The lowest BCUT2D eigenvalue weighted by molar-refractivity contribution is -0.117. The number of benzene rings is 2. The van der Waals surface area contributed by atoms with Crippen molar-refractivity contribution in [3.05, 3.63) is 76.7 Å². The SMILES string of the molecule is CCc1cc(C(=O)c2ccc(OC)cc2)c(NC(=O)CN2CCN(c3ccccc3)CC2)s1. The normalized spacial score (nSPS) is 14.2. The molecule has 2 heterocycles. The van der Waals surface area contributed by atoms with Gasteiger partial charge in [-0.25, -0.2) is 0 Å². The molecule has 3 aromatic rings. The number of nitrogens with zero attached hydrogens (tertiary/aromatic N) is 2. The lowest BCUT2D eigenvalue weighted by Gasteiger charge is -2.35. The summed E-state index contributed by atoms with van der Waals surface area (Å²) in [5.74, 6) is 0.517. The van der Waals surface area contributed by atoms with Crippen molar-refractivity contribution >= 4 is 33.7 Å². The molecule has 1 saturated heterocycles. The van der Waals surface area contributed by atoms with E-state index in [4.69, 9.17) is 4.74 Å². The fraction of sp³-hybridized carbons (Fsp3) is 0.308. The Labute approximate surface area is 198 Å². The zero-order valence-corrected chi connectivity index (χ0v) is 19.9. The minimum absolute atomic E-state index is 0.0866. The maximum atomic E-state index is 13.1. The number of amides is 1. The molecule has 1 aliphatic rings. The van der Waals surface area contributed by atoms with E-state index in [1.165, 1.54) is 17.0 Å². The summed E-state index contributed by atoms with van der Waals surface area (Å²) in [7, 11) is 1.60. The largest absolute Gasteiger partial charge is 0.497 e. The topological polar surface area (TPSA) is 61.9 Å². The maximum absolute atomic E-state index is 13.1. The summed E-state index contributed by atoms with van der Waals surface area (Å²) in [5.41, 5.74) is 2.34. The van der Waals surface area contributed by atoms with Crippen LogP contribution in [0.5, 0.6) is 5.75 Å². The third kappa shape index (κ3) is 5.61. The molecule has 1 fully saturated rings.